The lowest BCUT2D eigenvalue weighted by atomic mass is 10.1. The molecule has 1 aromatic heterocycles. The Morgan fingerprint density at radius 2 is 2.05 bits per heavy atom. The van der Waals surface area contributed by atoms with Crippen LogP contribution in [-0.2, 0) is 13.0 Å². The lowest BCUT2D eigenvalue weighted by molar-refractivity contribution is 0.255. The highest BCUT2D eigenvalue weighted by atomic mass is 16.5. The zero-order valence-corrected chi connectivity index (χ0v) is 12.4. The number of hydrogen-bond acceptors (Lipinski definition) is 5. The molecule has 0 bridgehead atoms. The largest absolute Gasteiger partial charge is 0.483 e. The fourth-order valence-corrected chi connectivity index (χ4v) is 1.91. The number of nitrogens with one attached hydrogen (secondary N) is 1. The van der Waals surface area contributed by atoms with Gasteiger partial charge in [0.2, 0.25) is 5.89 Å². The summed E-state index contributed by atoms with van der Waals surface area (Å²) >= 11 is 0. The van der Waals surface area contributed by atoms with Crippen molar-refractivity contribution in [3.63, 3.8) is 0 Å². The van der Waals surface area contributed by atoms with Crippen molar-refractivity contribution in [2.45, 2.75) is 39.8 Å². The van der Waals surface area contributed by atoms with Gasteiger partial charge >= 0.3 is 0 Å². The minimum Gasteiger partial charge on any atom is -0.483 e. The monoisotopic (exact) mass is 275 g/mol. The van der Waals surface area contributed by atoms with Gasteiger partial charge < -0.3 is 14.5 Å². The van der Waals surface area contributed by atoms with E-state index in [1.165, 1.54) is 0 Å². The Morgan fingerprint density at radius 1 is 1.30 bits per heavy atom. The summed E-state index contributed by atoms with van der Waals surface area (Å²) < 4.78 is 11.3. The van der Waals surface area contributed by atoms with Crippen molar-refractivity contribution in [1.29, 1.82) is 0 Å². The van der Waals surface area contributed by atoms with Crippen LogP contribution in [0.25, 0.3) is 0 Å². The van der Waals surface area contributed by atoms with E-state index in [0.717, 1.165) is 23.3 Å². The van der Waals surface area contributed by atoms with Crippen LogP contribution in [0.5, 0.6) is 5.75 Å². The summed E-state index contributed by atoms with van der Waals surface area (Å²) in [7, 11) is 1.93. The van der Waals surface area contributed by atoms with Crippen molar-refractivity contribution in [3.8, 4) is 5.75 Å². The highest BCUT2D eigenvalue weighted by Gasteiger charge is 2.12. The second kappa shape index (κ2) is 6.52. The maximum Gasteiger partial charge on any atom is 0.253 e. The van der Waals surface area contributed by atoms with E-state index in [-0.39, 0.29) is 6.04 Å². The standard InChI is InChI=1S/C15H21N3O2/c1-5-14-17-18-15(20-14)9-19-13-8-10(2)6-7-12(13)11(3)16-4/h6-8,11,16H,5,9H2,1-4H3. The highest BCUT2D eigenvalue weighted by molar-refractivity contribution is 5.39. The van der Waals surface area contributed by atoms with Gasteiger partial charge in [0.25, 0.3) is 5.89 Å². The van der Waals surface area contributed by atoms with Gasteiger partial charge in [0, 0.05) is 18.0 Å². The zero-order chi connectivity index (χ0) is 14.5. The van der Waals surface area contributed by atoms with Gasteiger partial charge in [0.1, 0.15) is 5.75 Å². The second-order valence-corrected chi connectivity index (χ2v) is 4.78. The van der Waals surface area contributed by atoms with Crippen LogP contribution < -0.4 is 10.1 Å². The number of ether oxygens (including phenoxy) is 1. The molecule has 0 amide bonds. The first-order valence-corrected chi connectivity index (χ1v) is 6.86. The van der Waals surface area contributed by atoms with Crippen molar-refractivity contribution in [1.82, 2.24) is 15.5 Å². The fraction of sp³-hybridized carbons (Fsp3) is 0.467. The molecule has 1 aromatic carbocycles. The van der Waals surface area contributed by atoms with Crippen LogP contribution >= 0.6 is 0 Å². The quantitative estimate of drug-likeness (QED) is 0.878. The Bertz CT molecular complexity index is 566. The summed E-state index contributed by atoms with van der Waals surface area (Å²) in [5.41, 5.74) is 2.28. The number of aryl methyl sites for hydroxylation is 2. The third-order valence-corrected chi connectivity index (χ3v) is 3.23. The van der Waals surface area contributed by atoms with E-state index in [1.807, 2.05) is 27.0 Å². The van der Waals surface area contributed by atoms with Crippen LogP contribution in [0.1, 0.15) is 42.8 Å². The molecule has 1 heterocycles. The van der Waals surface area contributed by atoms with E-state index in [0.29, 0.717) is 18.4 Å². The summed E-state index contributed by atoms with van der Waals surface area (Å²) in [6, 6.07) is 6.41. The summed E-state index contributed by atoms with van der Waals surface area (Å²) in [6.07, 6.45) is 0.736. The molecule has 0 fully saturated rings. The van der Waals surface area contributed by atoms with Crippen LogP contribution in [0.3, 0.4) is 0 Å². The van der Waals surface area contributed by atoms with Gasteiger partial charge in [-0.3, -0.25) is 0 Å². The van der Waals surface area contributed by atoms with Crippen molar-refractivity contribution in [2.75, 3.05) is 7.05 Å². The van der Waals surface area contributed by atoms with Crippen LogP contribution in [0.2, 0.25) is 0 Å². The Morgan fingerprint density at radius 3 is 2.70 bits per heavy atom. The van der Waals surface area contributed by atoms with E-state index < -0.39 is 0 Å². The summed E-state index contributed by atoms with van der Waals surface area (Å²) in [5, 5.41) is 11.1. The molecular formula is C15H21N3O2. The van der Waals surface area contributed by atoms with E-state index in [2.05, 4.69) is 34.6 Å². The van der Waals surface area contributed by atoms with E-state index >= 15 is 0 Å². The molecule has 0 aliphatic rings. The molecule has 0 spiro atoms. The van der Waals surface area contributed by atoms with Crippen LogP contribution in [0, 0.1) is 6.92 Å². The Labute approximate surface area is 119 Å². The molecule has 1 unspecified atom stereocenters. The average Bonchev–Trinajstić information content (AvgIpc) is 2.92. The van der Waals surface area contributed by atoms with Crippen molar-refractivity contribution in [3.05, 3.63) is 41.1 Å². The number of rotatable bonds is 6. The van der Waals surface area contributed by atoms with Crippen LogP contribution in [0.4, 0.5) is 0 Å². The van der Waals surface area contributed by atoms with Gasteiger partial charge in [-0.2, -0.15) is 0 Å². The number of nitrogens with zero attached hydrogens (tertiary/aromatic N) is 2. The molecule has 5 heteroatoms. The molecule has 2 aromatic rings. The average molecular weight is 275 g/mol. The van der Waals surface area contributed by atoms with Crippen molar-refractivity contribution >= 4 is 0 Å². The first kappa shape index (κ1) is 14.5. The molecule has 0 saturated carbocycles. The van der Waals surface area contributed by atoms with Crippen LogP contribution in [0.15, 0.2) is 22.6 Å². The summed E-state index contributed by atoms with van der Waals surface area (Å²) in [4.78, 5) is 0. The Hall–Kier alpha value is -1.88. The molecule has 1 N–H and O–H groups in total. The zero-order valence-electron chi connectivity index (χ0n) is 12.4. The Kier molecular flexibility index (Phi) is 4.74. The molecule has 0 aliphatic heterocycles. The van der Waals surface area contributed by atoms with Crippen LogP contribution in [-0.4, -0.2) is 17.2 Å². The van der Waals surface area contributed by atoms with Gasteiger partial charge in [-0.25, -0.2) is 0 Å². The van der Waals surface area contributed by atoms with Crippen molar-refractivity contribution < 1.29 is 9.15 Å². The van der Waals surface area contributed by atoms with Gasteiger partial charge in [0.05, 0.1) is 0 Å². The number of benzene rings is 1. The van der Waals surface area contributed by atoms with Gasteiger partial charge in [-0.1, -0.05) is 19.1 Å². The van der Waals surface area contributed by atoms with Gasteiger partial charge in [-0.05, 0) is 32.5 Å². The minimum atomic E-state index is 0.222. The molecule has 0 saturated heterocycles. The van der Waals surface area contributed by atoms with Crippen molar-refractivity contribution in [2.24, 2.45) is 0 Å². The lowest BCUT2D eigenvalue weighted by Crippen LogP contribution is -2.14. The number of aromatic nitrogens is 2. The predicted molar refractivity (Wildman–Crippen MR) is 76.7 cm³/mol. The molecule has 0 aliphatic carbocycles. The first-order chi connectivity index (χ1) is 9.63. The Balaban J connectivity index is 2.13. The molecule has 0 radical (unpaired) electrons. The lowest BCUT2D eigenvalue weighted by Gasteiger charge is -2.16. The maximum absolute atomic E-state index is 5.85. The normalized spacial score (nSPS) is 12.4. The SMILES string of the molecule is CCc1nnc(COc2cc(C)ccc2C(C)NC)o1. The first-order valence-electron chi connectivity index (χ1n) is 6.86. The molecule has 1 atom stereocenters. The molecule has 20 heavy (non-hydrogen) atoms. The van der Waals surface area contributed by atoms with Gasteiger partial charge in [-0.15, -0.1) is 10.2 Å². The summed E-state index contributed by atoms with van der Waals surface area (Å²) in [5.74, 6) is 1.99. The van der Waals surface area contributed by atoms with Gasteiger partial charge in [0.15, 0.2) is 6.61 Å². The topological polar surface area (TPSA) is 60.2 Å². The third-order valence-electron chi connectivity index (χ3n) is 3.23. The highest BCUT2D eigenvalue weighted by Crippen LogP contribution is 2.26. The molecule has 2 rings (SSSR count). The number of hydrogen-bond donors (Lipinski definition) is 1. The molecule has 5 nitrogen and oxygen atoms in total. The molecular weight excluding hydrogens is 254 g/mol. The second-order valence-electron chi connectivity index (χ2n) is 4.78. The minimum absolute atomic E-state index is 0.222. The smallest absolute Gasteiger partial charge is 0.253 e. The molecule has 108 valence electrons. The fourth-order valence-electron chi connectivity index (χ4n) is 1.91. The predicted octanol–water partition coefficient (Wildman–Crippen LogP) is 2.80. The summed E-state index contributed by atoms with van der Waals surface area (Å²) in [6.45, 7) is 6.41. The third kappa shape index (κ3) is 3.36. The van der Waals surface area contributed by atoms with E-state index in [1.54, 1.807) is 0 Å². The van der Waals surface area contributed by atoms with E-state index in [9.17, 15) is 0 Å². The maximum atomic E-state index is 5.85. The van der Waals surface area contributed by atoms with E-state index in [4.69, 9.17) is 9.15 Å².